The lowest BCUT2D eigenvalue weighted by molar-refractivity contribution is 0.660. The first kappa shape index (κ1) is 35.7. The van der Waals surface area contributed by atoms with E-state index in [-0.39, 0.29) is 5.41 Å². The third kappa shape index (κ3) is 5.07. The summed E-state index contributed by atoms with van der Waals surface area (Å²) in [4.78, 5) is 2.49. The van der Waals surface area contributed by atoms with Gasteiger partial charge in [-0.15, -0.1) is 0 Å². The summed E-state index contributed by atoms with van der Waals surface area (Å²) in [6.45, 7) is 7.10. The number of rotatable bonds is 6. The third-order valence-electron chi connectivity index (χ3n) is 14.2. The Labute approximate surface area is 359 Å². The summed E-state index contributed by atoms with van der Waals surface area (Å²) < 4.78 is 0. The molecule has 0 aromatic heterocycles. The molecular weight excluding hydrogens is 735 g/mol. The van der Waals surface area contributed by atoms with Gasteiger partial charge < -0.3 is 4.90 Å². The van der Waals surface area contributed by atoms with Gasteiger partial charge in [0.2, 0.25) is 0 Å². The van der Waals surface area contributed by atoms with E-state index >= 15 is 0 Å². The molecule has 1 unspecified atom stereocenters. The first-order valence-corrected chi connectivity index (χ1v) is 21.7. The zero-order valence-corrected chi connectivity index (χ0v) is 34.7. The third-order valence-corrected chi connectivity index (χ3v) is 14.2. The maximum absolute atomic E-state index is 2.49. The van der Waals surface area contributed by atoms with Gasteiger partial charge in [-0.2, -0.15) is 0 Å². The van der Waals surface area contributed by atoms with E-state index in [2.05, 4.69) is 238 Å². The van der Waals surface area contributed by atoms with Crippen molar-refractivity contribution in [2.45, 2.75) is 37.5 Å². The predicted octanol–water partition coefficient (Wildman–Crippen LogP) is 15.6. The second kappa shape index (κ2) is 13.4. The Kier molecular flexibility index (Phi) is 7.84. The molecule has 0 saturated heterocycles. The van der Waals surface area contributed by atoms with Crippen molar-refractivity contribution < 1.29 is 0 Å². The molecule has 61 heavy (non-hydrogen) atoms. The predicted molar refractivity (Wildman–Crippen MR) is 254 cm³/mol. The molecule has 0 spiro atoms. The summed E-state index contributed by atoms with van der Waals surface area (Å²) in [6, 6.07) is 79.6. The van der Waals surface area contributed by atoms with Crippen LogP contribution < -0.4 is 4.90 Å². The number of benzene rings is 9. The molecule has 3 aliphatic rings. The van der Waals surface area contributed by atoms with Crippen LogP contribution in [0.4, 0.5) is 17.1 Å². The molecule has 12 rings (SSSR count). The van der Waals surface area contributed by atoms with E-state index in [4.69, 9.17) is 0 Å². The van der Waals surface area contributed by atoms with Crippen molar-refractivity contribution in [2.75, 3.05) is 4.90 Å². The van der Waals surface area contributed by atoms with Gasteiger partial charge in [-0.3, -0.25) is 0 Å². The average molecular weight is 780 g/mol. The molecule has 1 nitrogen and oxygen atoms in total. The fourth-order valence-electron chi connectivity index (χ4n) is 11.4. The van der Waals surface area contributed by atoms with Crippen molar-refractivity contribution in [1.82, 2.24) is 0 Å². The first-order chi connectivity index (χ1) is 29.9. The molecule has 3 aliphatic carbocycles. The fraction of sp³-hybridized carbons (Fsp3) is 0.100. The van der Waals surface area contributed by atoms with Gasteiger partial charge in [-0.05, 0) is 125 Å². The highest BCUT2D eigenvalue weighted by Gasteiger charge is 2.47. The summed E-state index contributed by atoms with van der Waals surface area (Å²) in [6.07, 6.45) is 0. The molecule has 0 amide bonds. The minimum Gasteiger partial charge on any atom is -0.310 e. The Morgan fingerprint density at radius 3 is 1.64 bits per heavy atom. The van der Waals surface area contributed by atoms with E-state index in [1.165, 1.54) is 94.7 Å². The minimum atomic E-state index is -0.457. The lowest BCUT2D eigenvalue weighted by atomic mass is 9.67. The number of hydrogen-bond donors (Lipinski definition) is 0. The van der Waals surface area contributed by atoms with Gasteiger partial charge in [0.25, 0.3) is 0 Å². The largest absolute Gasteiger partial charge is 0.310 e. The molecule has 1 heteroatoms. The number of hydrogen-bond acceptors (Lipinski definition) is 1. The van der Waals surface area contributed by atoms with Crippen molar-refractivity contribution >= 4 is 17.1 Å². The van der Waals surface area contributed by atoms with Gasteiger partial charge >= 0.3 is 0 Å². The van der Waals surface area contributed by atoms with Crippen molar-refractivity contribution in [2.24, 2.45) is 0 Å². The summed E-state index contributed by atoms with van der Waals surface area (Å²) in [5.74, 6) is 0.314. The number of fused-ring (bicyclic) bond motifs is 9. The van der Waals surface area contributed by atoms with Crippen LogP contribution in [0.25, 0.3) is 44.5 Å². The highest BCUT2D eigenvalue weighted by molar-refractivity contribution is 5.97. The normalized spacial score (nSPS) is 15.6. The van der Waals surface area contributed by atoms with Crippen LogP contribution >= 0.6 is 0 Å². The van der Waals surface area contributed by atoms with E-state index in [1.807, 2.05) is 0 Å². The quantitative estimate of drug-likeness (QED) is 0.162. The Hall–Kier alpha value is -7.22. The van der Waals surface area contributed by atoms with Crippen LogP contribution in [-0.2, 0) is 10.8 Å². The maximum Gasteiger partial charge on any atom is 0.0713 e. The van der Waals surface area contributed by atoms with Gasteiger partial charge in [-0.1, -0.05) is 197 Å². The molecule has 1 atom stereocenters. The molecule has 0 N–H and O–H groups in total. The molecule has 0 heterocycles. The Morgan fingerprint density at radius 2 is 0.885 bits per heavy atom. The standard InChI is InChI=1S/C60H45N/c1-39-46-24-10-11-25-48(46)49-34-32-44(37-53(39)49)61(45-33-35-51-50-26-12-14-29-54(50)59(2,3)57(51)38-45)43-23-16-18-40(36-43)47-28-17-31-56-58(47)52-27-13-15-30-55(52)60(56,41-19-6-4-7-20-41)42-21-8-5-9-22-42/h4-39H,1-3H3. The topological polar surface area (TPSA) is 3.24 Å². The second-order valence-electron chi connectivity index (χ2n) is 17.6. The molecule has 290 valence electrons. The Morgan fingerprint density at radius 1 is 0.361 bits per heavy atom. The second-order valence-corrected chi connectivity index (χ2v) is 17.6. The van der Waals surface area contributed by atoms with Gasteiger partial charge in [0.1, 0.15) is 0 Å². The number of nitrogens with zero attached hydrogens (tertiary/aromatic N) is 1. The molecule has 0 saturated carbocycles. The van der Waals surface area contributed by atoms with Crippen molar-refractivity contribution in [1.29, 1.82) is 0 Å². The molecule has 0 fully saturated rings. The highest BCUT2D eigenvalue weighted by Crippen LogP contribution is 2.59. The van der Waals surface area contributed by atoms with Crippen LogP contribution in [0.2, 0.25) is 0 Å². The van der Waals surface area contributed by atoms with E-state index in [0.29, 0.717) is 5.92 Å². The summed E-state index contributed by atoms with van der Waals surface area (Å²) in [7, 11) is 0. The smallest absolute Gasteiger partial charge is 0.0713 e. The minimum absolute atomic E-state index is 0.120. The van der Waals surface area contributed by atoms with Crippen LogP contribution in [0.1, 0.15) is 71.2 Å². The van der Waals surface area contributed by atoms with E-state index in [0.717, 1.165) is 11.4 Å². The molecular formula is C60H45N. The van der Waals surface area contributed by atoms with Gasteiger partial charge in [0.15, 0.2) is 0 Å². The summed E-state index contributed by atoms with van der Waals surface area (Å²) in [5, 5.41) is 0. The maximum atomic E-state index is 2.49. The van der Waals surface area contributed by atoms with E-state index < -0.39 is 5.41 Å². The zero-order chi connectivity index (χ0) is 40.9. The highest BCUT2D eigenvalue weighted by atomic mass is 15.1. The molecule has 0 aliphatic heterocycles. The average Bonchev–Trinajstić information content (AvgIpc) is 3.87. The number of anilines is 3. The van der Waals surface area contributed by atoms with Gasteiger partial charge in [-0.25, -0.2) is 0 Å². The fourth-order valence-corrected chi connectivity index (χ4v) is 11.4. The van der Waals surface area contributed by atoms with Crippen molar-refractivity contribution in [3.05, 3.63) is 257 Å². The lowest BCUT2D eigenvalue weighted by Gasteiger charge is -2.34. The van der Waals surface area contributed by atoms with Crippen molar-refractivity contribution in [3.8, 4) is 44.5 Å². The molecule has 0 radical (unpaired) electrons. The van der Waals surface area contributed by atoms with Gasteiger partial charge in [0.05, 0.1) is 5.41 Å². The Bertz CT molecular complexity index is 3150. The van der Waals surface area contributed by atoms with Crippen molar-refractivity contribution in [3.63, 3.8) is 0 Å². The van der Waals surface area contributed by atoms with E-state index in [1.54, 1.807) is 0 Å². The van der Waals surface area contributed by atoms with Crippen LogP contribution in [0.5, 0.6) is 0 Å². The molecule has 9 aromatic carbocycles. The summed E-state index contributed by atoms with van der Waals surface area (Å²) >= 11 is 0. The van der Waals surface area contributed by atoms with Crippen LogP contribution in [-0.4, -0.2) is 0 Å². The summed E-state index contributed by atoms with van der Waals surface area (Å²) in [5.41, 5.74) is 24.0. The van der Waals surface area contributed by atoms with Crippen LogP contribution in [0.15, 0.2) is 212 Å². The van der Waals surface area contributed by atoms with Gasteiger partial charge in [0, 0.05) is 28.4 Å². The molecule has 9 aromatic rings. The first-order valence-electron chi connectivity index (χ1n) is 21.7. The van der Waals surface area contributed by atoms with Crippen LogP contribution in [0, 0.1) is 0 Å². The Balaban J connectivity index is 1.06. The van der Waals surface area contributed by atoms with Crippen LogP contribution in [0.3, 0.4) is 0 Å². The lowest BCUT2D eigenvalue weighted by Crippen LogP contribution is -2.28. The molecule has 0 bridgehead atoms. The SMILES string of the molecule is CC1c2ccccc2-c2ccc(N(c3cccc(-c4cccc5c4-c4ccccc4C5(c4ccccc4)c4ccccc4)c3)c3ccc4c(c3)C(C)(C)c3ccccc3-4)cc21. The van der Waals surface area contributed by atoms with E-state index in [9.17, 15) is 0 Å². The zero-order valence-electron chi connectivity index (χ0n) is 34.7. The monoisotopic (exact) mass is 779 g/mol.